The van der Waals surface area contributed by atoms with E-state index >= 15 is 0 Å². The lowest BCUT2D eigenvalue weighted by Crippen LogP contribution is -2.45. The van der Waals surface area contributed by atoms with Crippen molar-refractivity contribution in [3.63, 3.8) is 0 Å². The predicted molar refractivity (Wildman–Crippen MR) is 161 cm³/mol. The summed E-state index contributed by atoms with van der Waals surface area (Å²) in [5.74, 6) is -0.243. The average Bonchev–Trinajstić information content (AvgIpc) is 2.97. The number of hydrogen-bond acceptors (Lipinski definition) is 5. The van der Waals surface area contributed by atoms with Gasteiger partial charge in [0.25, 0.3) is 15.9 Å². The molecule has 4 aromatic carbocycles. The number of amides is 1. The number of carbonyl (C=O) groups is 1. The first-order valence-electron chi connectivity index (χ1n) is 13.4. The Kier molecular flexibility index (Phi) is 8.19. The topological polar surface area (TPSA) is 81.8 Å². The molecule has 0 aliphatic carbocycles. The average molecular weight is 555 g/mol. The molecule has 1 aliphatic rings. The van der Waals surface area contributed by atoms with Crippen LogP contribution in [0.3, 0.4) is 0 Å². The maximum absolute atomic E-state index is 12.9. The van der Waals surface area contributed by atoms with Crippen molar-refractivity contribution in [2.45, 2.75) is 25.3 Å². The Morgan fingerprint density at radius 2 is 1.38 bits per heavy atom. The monoisotopic (exact) mass is 554 g/mol. The fourth-order valence-corrected chi connectivity index (χ4v) is 6.12. The summed E-state index contributed by atoms with van der Waals surface area (Å²) in [5.41, 5.74) is 5.78. The van der Waals surface area contributed by atoms with E-state index in [-0.39, 0.29) is 10.8 Å². The summed E-state index contributed by atoms with van der Waals surface area (Å²) in [6.07, 6.45) is 0. The highest BCUT2D eigenvalue weighted by Gasteiger charge is 2.18. The Morgan fingerprint density at radius 3 is 2.00 bits per heavy atom. The van der Waals surface area contributed by atoms with Gasteiger partial charge in [0.2, 0.25) is 0 Å². The summed E-state index contributed by atoms with van der Waals surface area (Å²) < 4.78 is 28.5. The van der Waals surface area contributed by atoms with Crippen molar-refractivity contribution in [1.82, 2.24) is 4.90 Å². The molecule has 40 heavy (non-hydrogen) atoms. The maximum atomic E-state index is 12.9. The number of sulfonamides is 1. The summed E-state index contributed by atoms with van der Waals surface area (Å²) >= 11 is 0. The molecule has 0 aromatic heterocycles. The molecule has 0 unspecified atom stereocenters. The van der Waals surface area contributed by atoms with Crippen LogP contribution in [0.2, 0.25) is 0 Å². The molecule has 0 radical (unpaired) electrons. The highest BCUT2D eigenvalue weighted by molar-refractivity contribution is 7.92. The first-order chi connectivity index (χ1) is 19.3. The minimum atomic E-state index is -3.76. The molecule has 0 bridgehead atoms. The number of carbonyl (C=O) groups excluding carboxylic acids is 1. The Balaban J connectivity index is 1.15. The van der Waals surface area contributed by atoms with Crippen molar-refractivity contribution < 1.29 is 13.2 Å². The zero-order valence-corrected chi connectivity index (χ0v) is 23.6. The first-order valence-corrected chi connectivity index (χ1v) is 14.9. The lowest BCUT2D eigenvalue weighted by Gasteiger charge is -2.36. The fraction of sp³-hybridized carbons (Fsp3) is 0.219. The van der Waals surface area contributed by atoms with Crippen LogP contribution < -0.4 is 14.9 Å². The van der Waals surface area contributed by atoms with Gasteiger partial charge in [-0.3, -0.25) is 14.4 Å². The van der Waals surface area contributed by atoms with Crippen LogP contribution in [-0.2, 0) is 16.6 Å². The number of rotatable bonds is 8. The molecular formula is C32H34N4O3S. The molecule has 206 valence electrons. The quantitative estimate of drug-likeness (QED) is 0.293. The third-order valence-corrected chi connectivity index (χ3v) is 8.62. The molecule has 0 atom stereocenters. The van der Waals surface area contributed by atoms with Crippen LogP contribution in [-0.4, -0.2) is 45.4 Å². The minimum absolute atomic E-state index is 0.127. The molecule has 1 saturated heterocycles. The van der Waals surface area contributed by atoms with E-state index in [1.165, 1.54) is 17.8 Å². The van der Waals surface area contributed by atoms with E-state index in [2.05, 4.69) is 44.1 Å². The third kappa shape index (κ3) is 6.52. The van der Waals surface area contributed by atoms with Gasteiger partial charge in [-0.2, -0.15) is 0 Å². The number of piperazine rings is 1. The van der Waals surface area contributed by atoms with E-state index in [1.54, 1.807) is 12.1 Å². The molecule has 8 heteroatoms. The Morgan fingerprint density at radius 1 is 0.750 bits per heavy atom. The van der Waals surface area contributed by atoms with Crippen LogP contribution in [0.1, 0.15) is 27.0 Å². The van der Waals surface area contributed by atoms with Crippen molar-refractivity contribution in [3.8, 4) is 0 Å². The molecule has 1 amide bonds. The fourth-order valence-electron chi connectivity index (χ4n) is 4.91. The minimum Gasteiger partial charge on any atom is -0.369 e. The Labute approximate surface area is 236 Å². The summed E-state index contributed by atoms with van der Waals surface area (Å²) in [6.45, 7) is 8.53. The standard InChI is InChI=1S/C32H34N4O3S/c1-24-7-6-8-25(2)31(24)34-40(38,39)30-17-15-28(16-18-30)33-32(37)27-13-11-26(12-14-27)23-35-19-21-36(22-20-35)29-9-4-3-5-10-29/h3-18,34H,19-23H2,1-2H3,(H,33,37). The number of hydrogen-bond donors (Lipinski definition) is 2. The van der Waals surface area contributed by atoms with Gasteiger partial charge in [-0.1, -0.05) is 48.5 Å². The van der Waals surface area contributed by atoms with E-state index in [9.17, 15) is 13.2 Å². The van der Waals surface area contributed by atoms with Gasteiger partial charge in [0.15, 0.2) is 0 Å². The number of anilines is 3. The molecule has 2 N–H and O–H groups in total. The van der Waals surface area contributed by atoms with Crippen LogP contribution in [0.25, 0.3) is 0 Å². The summed E-state index contributed by atoms with van der Waals surface area (Å²) in [5, 5.41) is 2.86. The first kappa shape index (κ1) is 27.4. The van der Waals surface area contributed by atoms with Gasteiger partial charge in [0, 0.05) is 49.7 Å². The summed E-state index contributed by atoms with van der Waals surface area (Å²) in [6, 6.07) is 29.9. The van der Waals surface area contributed by atoms with Crippen molar-refractivity contribution in [1.29, 1.82) is 0 Å². The molecule has 5 rings (SSSR count). The molecule has 7 nitrogen and oxygen atoms in total. The van der Waals surface area contributed by atoms with Gasteiger partial charge < -0.3 is 10.2 Å². The largest absolute Gasteiger partial charge is 0.369 e. The van der Waals surface area contributed by atoms with Crippen LogP contribution in [0.4, 0.5) is 17.1 Å². The Bertz CT molecular complexity index is 1540. The second-order valence-corrected chi connectivity index (χ2v) is 11.8. The molecule has 0 saturated carbocycles. The molecule has 0 spiro atoms. The van der Waals surface area contributed by atoms with E-state index in [4.69, 9.17) is 0 Å². The lowest BCUT2D eigenvalue weighted by atomic mass is 10.1. The lowest BCUT2D eigenvalue weighted by molar-refractivity contribution is 0.102. The zero-order chi connectivity index (χ0) is 28.1. The van der Waals surface area contributed by atoms with Gasteiger partial charge in [-0.25, -0.2) is 8.42 Å². The second kappa shape index (κ2) is 11.9. The predicted octanol–water partition coefficient (Wildman–Crippen LogP) is 5.68. The summed E-state index contributed by atoms with van der Waals surface area (Å²) in [4.78, 5) is 17.8. The number of benzene rings is 4. The van der Waals surface area contributed by atoms with Gasteiger partial charge in [0.05, 0.1) is 10.6 Å². The Hall–Kier alpha value is -4.14. The number of para-hydroxylation sites is 2. The van der Waals surface area contributed by atoms with Gasteiger partial charge >= 0.3 is 0 Å². The number of nitrogens with one attached hydrogen (secondary N) is 2. The molecule has 1 aliphatic heterocycles. The van der Waals surface area contributed by atoms with Crippen molar-refractivity contribution in [2.24, 2.45) is 0 Å². The molecule has 1 heterocycles. The summed E-state index contributed by atoms with van der Waals surface area (Å²) in [7, 11) is -3.76. The smallest absolute Gasteiger partial charge is 0.261 e. The highest BCUT2D eigenvalue weighted by atomic mass is 32.2. The SMILES string of the molecule is Cc1cccc(C)c1NS(=O)(=O)c1ccc(NC(=O)c2ccc(CN3CCN(c4ccccc4)CC3)cc2)cc1. The van der Waals surface area contributed by atoms with Gasteiger partial charge in [-0.15, -0.1) is 0 Å². The number of nitrogens with zero attached hydrogens (tertiary/aromatic N) is 2. The number of aryl methyl sites for hydroxylation is 2. The van der Waals surface area contributed by atoms with Crippen molar-refractivity contribution in [3.05, 3.63) is 119 Å². The van der Waals surface area contributed by atoms with Crippen molar-refractivity contribution in [2.75, 3.05) is 41.1 Å². The normalized spacial score (nSPS) is 14.1. The second-order valence-electron chi connectivity index (χ2n) is 10.1. The molecule has 1 fully saturated rings. The van der Waals surface area contributed by atoms with Gasteiger partial charge in [-0.05, 0) is 79.1 Å². The van der Waals surface area contributed by atoms with Gasteiger partial charge in [0.1, 0.15) is 0 Å². The highest BCUT2D eigenvalue weighted by Crippen LogP contribution is 2.24. The van der Waals surface area contributed by atoms with Crippen LogP contribution in [0.5, 0.6) is 0 Å². The van der Waals surface area contributed by atoms with Crippen molar-refractivity contribution >= 4 is 33.0 Å². The van der Waals surface area contributed by atoms with Crippen LogP contribution in [0.15, 0.2) is 102 Å². The van der Waals surface area contributed by atoms with Crippen LogP contribution >= 0.6 is 0 Å². The molecular weight excluding hydrogens is 520 g/mol. The van der Waals surface area contributed by atoms with E-state index in [0.29, 0.717) is 16.9 Å². The van der Waals surface area contributed by atoms with E-state index in [1.807, 2.05) is 62.4 Å². The van der Waals surface area contributed by atoms with Crippen LogP contribution in [0, 0.1) is 13.8 Å². The van der Waals surface area contributed by atoms with E-state index in [0.717, 1.165) is 49.4 Å². The third-order valence-electron chi connectivity index (χ3n) is 7.26. The molecule has 4 aromatic rings. The maximum Gasteiger partial charge on any atom is 0.261 e. The zero-order valence-electron chi connectivity index (χ0n) is 22.8. The van der Waals surface area contributed by atoms with E-state index < -0.39 is 10.0 Å².